The lowest BCUT2D eigenvalue weighted by atomic mass is 9.99. The highest BCUT2D eigenvalue weighted by Gasteiger charge is 2.36. The van der Waals surface area contributed by atoms with Gasteiger partial charge in [-0.25, -0.2) is 5.43 Å². The fraction of sp³-hybridized carbons (Fsp3) is 0.462. The molecule has 3 rings (SSSR count). The zero-order chi connectivity index (χ0) is 11.7. The van der Waals surface area contributed by atoms with Gasteiger partial charge in [-0.15, -0.1) is 0 Å². The normalized spacial score (nSPS) is 28.6. The van der Waals surface area contributed by atoms with E-state index in [2.05, 4.69) is 15.5 Å². The Morgan fingerprint density at radius 2 is 2.35 bits per heavy atom. The average molecular weight is 229 g/mol. The molecule has 1 heterocycles. The van der Waals surface area contributed by atoms with Crippen molar-refractivity contribution in [1.29, 1.82) is 0 Å². The predicted molar refractivity (Wildman–Crippen MR) is 64.6 cm³/mol. The molecule has 2 aliphatic carbocycles. The fourth-order valence-electron chi connectivity index (χ4n) is 2.84. The van der Waals surface area contributed by atoms with Crippen molar-refractivity contribution in [2.45, 2.75) is 25.7 Å². The van der Waals surface area contributed by atoms with Gasteiger partial charge in [0.25, 0.3) is 5.91 Å². The summed E-state index contributed by atoms with van der Waals surface area (Å²) in [4.78, 5) is 15.7. The van der Waals surface area contributed by atoms with E-state index in [-0.39, 0.29) is 5.91 Å². The standard InChI is InChI=1S/C13H15N3O/c17-13(11-3-1-2-6-14-11)16-15-12-8-9-4-5-10(12)7-9/h1-3,6,9-10H,4-5,7-8H2,(H,16,17)/b15-12+/t9-,10+/m1/s1. The number of aromatic nitrogens is 1. The van der Waals surface area contributed by atoms with Crippen molar-refractivity contribution in [3.63, 3.8) is 0 Å². The lowest BCUT2D eigenvalue weighted by Crippen LogP contribution is -2.22. The van der Waals surface area contributed by atoms with Crippen molar-refractivity contribution in [3.05, 3.63) is 30.1 Å². The summed E-state index contributed by atoms with van der Waals surface area (Å²) < 4.78 is 0. The number of hydrogen-bond acceptors (Lipinski definition) is 3. The molecule has 2 fully saturated rings. The van der Waals surface area contributed by atoms with Gasteiger partial charge in [-0.1, -0.05) is 6.07 Å². The van der Waals surface area contributed by atoms with E-state index < -0.39 is 0 Å². The number of hydrogen-bond donors (Lipinski definition) is 1. The number of nitrogens with zero attached hydrogens (tertiary/aromatic N) is 2. The largest absolute Gasteiger partial charge is 0.289 e. The molecule has 4 nitrogen and oxygen atoms in total. The average Bonchev–Trinajstić information content (AvgIpc) is 2.99. The first-order valence-electron chi connectivity index (χ1n) is 6.11. The molecule has 0 spiro atoms. The summed E-state index contributed by atoms with van der Waals surface area (Å²) in [5.41, 5.74) is 4.20. The molecule has 0 radical (unpaired) electrons. The number of hydrazone groups is 1. The Morgan fingerprint density at radius 1 is 1.41 bits per heavy atom. The van der Waals surface area contributed by atoms with Gasteiger partial charge in [-0.3, -0.25) is 9.78 Å². The monoisotopic (exact) mass is 229 g/mol. The van der Waals surface area contributed by atoms with E-state index in [1.54, 1.807) is 24.4 Å². The highest BCUT2D eigenvalue weighted by molar-refractivity contribution is 5.95. The third-order valence-corrected chi connectivity index (χ3v) is 3.71. The molecule has 1 N–H and O–H groups in total. The summed E-state index contributed by atoms with van der Waals surface area (Å²) in [6, 6.07) is 5.28. The number of pyridine rings is 1. The van der Waals surface area contributed by atoms with E-state index in [9.17, 15) is 4.79 Å². The highest BCUT2D eigenvalue weighted by Crippen LogP contribution is 2.42. The minimum absolute atomic E-state index is 0.221. The van der Waals surface area contributed by atoms with Gasteiger partial charge in [0.1, 0.15) is 5.69 Å². The number of nitrogens with one attached hydrogen (secondary N) is 1. The van der Waals surface area contributed by atoms with Crippen LogP contribution in [0.5, 0.6) is 0 Å². The Morgan fingerprint density at radius 3 is 3.00 bits per heavy atom. The summed E-state index contributed by atoms with van der Waals surface area (Å²) in [6.45, 7) is 0. The van der Waals surface area contributed by atoms with Gasteiger partial charge < -0.3 is 0 Å². The molecule has 0 unspecified atom stereocenters. The van der Waals surface area contributed by atoms with Crippen molar-refractivity contribution in [1.82, 2.24) is 10.4 Å². The second-order valence-corrected chi connectivity index (χ2v) is 4.84. The minimum atomic E-state index is -0.221. The van der Waals surface area contributed by atoms with Crippen LogP contribution >= 0.6 is 0 Å². The SMILES string of the molecule is O=C(N/N=C1\C[C@@H]2CC[C@H]1C2)c1ccccn1. The van der Waals surface area contributed by atoms with Crippen LogP contribution in [-0.2, 0) is 0 Å². The maximum Gasteiger partial charge on any atom is 0.289 e. The number of fused-ring (bicyclic) bond motifs is 2. The molecule has 1 aromatic heterocycles. The van der Waals surface area contributed by atoms with Gasteiger partial charge in [-0.05, 0) is 49.7 Å². The quantitative estimate of drug-likeness (QED) is 0.788. The zero-order valence-electron chi connectivity index (χ0n) is 9.60. The lowest BCUT2D eigenvalue weighted by Gasteiger charge is -2.11. The Kier molecular flexibility index (Phi) is 2.63. The molecule has 2 saturated carbocycles. The summed E-state index contributed by atoms with van der Waals surface area (Å²) in [5, 5.41) is 4.26. The molecule has 2 bridgehead atoms. The summed E-state index contributed by atoms with van der Waals surface area (Å²) in [6.07, 6.45) is 6.51. The van der Waals surface area contributed by atoms with Crippen molar-refractivity contribution in [2.75, 3.05) is 0 Å². The fourth-order valence-corrected chi connectivity index (χ4v) is 2.84. The van der Waals surface area contributed by atoms with E-state index in [4.69, 9.17) is 0 Å². The van der Waals surface area contributed by atoms with E-state index in [1.807, 2.05) is 0 Å². The first-order valence-corrected chi connectivity index (χ1v) is 6.11. The number of rotatable bonds is 2. The molecule has 0 saturated heterocycles. The minimum Gasteiger partial charge on any atom is -0.266 e. The number of carbonyl (C=O) groups is 1. The first-order chi connectivity index (χ1) is 8.33. The van der Waals surface area contributed by atoms with Crippen molar-refractivity contribution < 1.29 is 4.79 Å². The predicted octanol–water partition coefficient (Wildman–Crippen LogP) is 1.99. The maximum absolute atomic E-state index is 11.7. The molecule has 1 aromatic rings. The van der Waals surface area contributed by atoms with Crippen molar-refractivity contribution in [3.8, 4) is 0 Å². The third-order valence-electron chi connectivity index (χ3n) is 3.71. The molecular formula is C13H15N3O. The Balaban J connectivity index is 1.65. The van der Waals surface area contributed by atoms with Crippen LogP contribution in [0.1, 0.15) is 36.2 Å². The van der Waals surface area contributed by atoms with E-state index in [0.29, 0.717) is 11.6 Å². The van der Waals surface area contributed by atoms with E-state index >= 15 is 0 Å². The second kappa shape index (κ2) is 4.28. The third kappa shape index (κ3) is 2.07. The van der Waals surface area contributed by atoms with Crippen LogP contribution < -0.4 is 5.43 Å². The summed E-state index contributed by atoms with van der Waals surface area (Å²) in [5.74, 6) is 1.20. The molecule has 1 amide bonds. The van der Waals surface area contributed by atoms with Gasteiger partial charge in [0.05, 0.1) is 0 Å². The Hall–Kier alpha value is -1.71. The van der Waals surface area contributed by atoms with Crippen molar-refractivity contribution >= 4 is 11.6 Å². The molecule has 2 atom stereocenters. The van der Waals surface area contributed by atoms with Crippen LogP contribution in [-0.4, -0.2) is 16.6 Å². The Labute approximate surface area is 100 Å². The zero-order valence-corrected chi connectivity index (χ0v) is 9.60. The molecule has 88 valence electrons. The Bertz CT molecular complexity index is 455. The van der Waals surface area contributed by atoms with Gasteiger partial charge in [-0.2, -0.15) is 5.10 Å². The van der Waals surface area contributed by atoms with Crippen molar-refractivity contribution in [2.24, 2.45) is 16.9 Å². The van der Waals surface area contributed by atoms with Gasteiger partial charge >= 0.3 is 0 Å². The molecule has 2 aliphatic rings. The van der Waals surface area contributed by atoms with Crippen LogP contribution in [0.4, 0.5) is 0 Å². The molecular weight excluding hydrogens is 214 g/mol. The first kappa shape index (κ1) is 10.4. The molecule has 0 aromatic carbocycles. The number of amides is 1. The van der Waals surface area contributed by atoms with Crippen LogP contribution in [0.3, 0.4) is 0 Å². The van der Waals surface area contributed by atoms with Gasteiger partial charge in [0.2, 0.25) is 0 Å². The second-order valence-electron chi connectivity index (χ2n) is 4.84. The van der Waals surface area contributed by atoms with Crippen LogP contribution in [0, 0.1) is 11.8 Å². The lowest BCUT2D eigenvalue weighted by molar-refractivity contribution is 0.0949. The summed E-state index contributed by atoms with van der Waals surface area (Å²) >= 11 is 0. The maximum atomic E-state index is 11.7. The van der Waals surface area contributed by atoms with E-state index in [1.165, 1.54) is 25.0 Å². The van der Waals surface area contributed by atoms with Crippen LogP contribution in [0.25, 0.3) is 0 Å². The molecule has 0 aliphatic heterocycles. The molecule has 4 heteroatoms. The smallest absolute Gasteiger partial charge is 0.266 e. The van der Waals surface area contributed by atoms with E-state index in [0.717, 1.165) is 12.3 Å². The van der Waals surface area contributed by atoms with Crippen LogP contribution in [0.15, 0.2) is 29.5 Å². The molecule has 17 heavy (non-hydrogen) atoms. The topological polar surface area (TPSA) is 54.4 Å². The highest BCUT2D eigenvalue weighted by atomic mass is 16.2. The van der Waals surface area contributed by atoms with Crippen LogP contribution in [0.2, 0.25) is 0 Å². The summed E-state index contributed by atoms with van der Waals surface area (Å²) in [7, 11) is 0. The van der Waals surface area contributed by atoms with Gasteiger partial charge in [0.15, 0.2) is 0 Å². The number of carbonyl (C=O) groups excluding carboxylic acids is 1. The van der Waals surface area contributed by atoms with Gasteiger partial charge in [0, 0.05) is 11.9 Å².